The van der Waals surface area contributed by atoms with Gasteiger partial charge in [-0.2, -0.15) is 0 Å². The van der Waals surface area contributed by atoms with Gasteiger partial charge in [0.05, 0.1) is 17.9 Å². The molecule has 0 unspecified atom stereocenters. The number of fused-ring (bicyclic) bond motifs is 1. The fourth-order valence-corrected chi connectivity index (χ4v) is 5.17. The number of rotatable bonds is 8. The number of anilines is 2. The summed E-state index contributed by atoms with van der Waals surface area (Å²) < 4.78 is 0. The zero-order valence-electron chi connectivity index (χ0n) is 19.3. The molecule has 1 aromatic heterocycles. The molecule has 0 spiro atoms. The van der Waals surface area contributed by atoms with Gasteiger partial charge in [-0.3, -0.25) is 9.59 Å². The largest absolute Gasteiger partial charge is 0.326 e. The van der Waals surface area contributed by atoms with E-state index < -0.39 is 0 Å². The molecule has 0 aliphatic carbocycles. The highest BCUT2D eigenvalue weighted by atomic mass is 32.2. The maximum absolute atomic E-state index is 12.5. The predicted molar refractivity (Wildman–Crippen MR) is 150 cm³/mol. The topological polar surface area (TPSA) is 71.1 Å². The van der Waals surface area contributed by atoms with Crippen LogP contribution in [0, 0.1) is 0 Å². The lowest BCUT2D eigenvalue weighted by molar-refractivity contribution is -0.115. The summed E-state index contributed by atoms with van der Waals surface area (Å²) in [5.74, 6) is 0.0945. The standard InChI is InChI=1S/C29H23N3O2S2/c33-27(16-20-6-2-1-3-7-20)30-24-12-14-25(15-13-24)35-19-28(34)32-29-31-26(18-36-29)23-11-10-21-8-4-5-9-22(21)17-23/h1-15,17-18H,16,19H2,(H,30,33)(H,31,32,34). The van der Waals surface area contributed by atoms with Gasteiger partial charge >= 0.3 is 0 Å². The molecule has 0 atom stereocenters. The summed E-state index contributed by atoms with van der Waals surface area (Å²) in [5, 5.41) is 10.7. The van der Waals surface area contributed by atoms with E-state index in [1.165, 1.54) is 28.5 Å². The van der Waals surface area contributed by atoms with Crippen molar-refractivity contribution >= 4 is 56.5 Å². The molecule has 5 nitrogen and oxygen atoms in total. The molecule has 4 aromatic carbocycles. The van der Waals surface area contributed by atoms with Crippen molar-refractivity contribution in [2.75, 3.05) is 16.4 Å². The Morgan fingerprint density at radius 2 is 1.53 bits per heavy atom. The second-order valence-electron chi connectivity index (χ2n) is 8.17. The molecule has 2 amide bonds. The smallest absolute Gasteiger partial charge is 0.236 e. The third-order valence-corrected chi connectivity index (χ3v) is 7.28. The molecule has 0 aliphatic rings. The highest BCUT2D eigenvalue weighted by Crippen LogP contribution is 2.28. The van der Waals surface area contributed by atoms with Crippen LogP contribution in [0.1, 0.15) is 5.56 Å². The van der Waals surface area contributed by atoms with Gasteiger partial charge < -0.3 is 10.6 Å². The molecule has 7 heteroatoms. The van der Waals surface area contributed by atoms with Gasteiger partial charge in [-0.1, -0.05) is 66.7 Å². The van der Waals surface area contributed by atoms with Gasteiger partial charge in [0.15, 0.2) is 5.13 Å². The monoisotopic (exact) mass is 509 g/mol. The minimum absolute atomic E-state index is 0.0625. The Morgan fingerprint density at radius 3 is 2.33 bits per heavy atom. The number of amides is 2. The molecule has 178 valence electrons. The van der Waals surface area contributed by atoms with Crippen LogP contribution in [0.5, 0.6) is 0 Å². The second-order valence-corrected chi connectivity index (χ2v) is 10.1. The minimum Gasteiger partial charge on any atom is -0.326 e. The van der Waals surface area contributed by atoms with Crippen molar-refractivity contribution in [3.8, 4) is 11.3 Å². The molecule has 1 heterocycles. The Labute approximate surface area is 217 Å². The molecule has 5 rings (SSSR count). The predicted octanol–water partition coefficient (Wildman–Crippen LogP) is 6.88. The molecular formula is C29H23N3O2S2. The molecule has 2 N–H and O–H groups in total. The number of nitrogens with one attached hydrogen (secondary N) is 2. The fraction of sp³-hybridized carbons (Fsp3) is 0.0690. The van der Waals surface area contributed by atoms with E-state index in [-0.39, 0.29) is 17.6 Å². The van der Waals surface area contributed by atoms with E-state index in [1.54, 1.807) is 0 Å². The van der Waals surface area contributed by atoms with Gasteiger partial charge in [-0.25, -0.2) is 4.98 Å². The van der Waals surface area contributed by atoms with Crippen LogP contribution in [0.15, 0.2) is 107 Å². The zero-order chi connectivity index (χ0) is 24.7. The Balaban J connectivity index is 1.11. The van der Waals surface area contributed by atoms with E-state index in [0.29, 0.717) is 11.6 Å². The third-order valence-electron chi connectivity index (χ3n) is 5.51. The molecule has 0 radical (unpaired) electrons. The van der Waals surface area contributed by atoms with Crippen LogP contribution in [-0.4, -0.2) is 22.6 Å². The van der Waals surface area contributed by atoms with Crippen LogP contribution in [-0.2, 0) is 16.0 Å². The van der Waals surface area contributed by atoms with Crippen LogP contribution in [0.2, 0.25) is 0 Å². The molecule has 0 saturated heterocycles. The maximum Gasteiger partial charge on any atom is 0.236 e. The molecular weight excluding hydrogens is 486 g/mol. The molecule has 0 fully saturated rings. The lowest BCUT2D eigenvalue weighted by Crippen LogP contribution is -2.14. The normalized spacial score (nSPS) is 10.8. The van der Waals surface area contributed by atoms with Crippen LogP contribution >= 0.6 is 23.1 Å². The lowest BCUT2D eigenvalue weighted by atomic mass is 10.1. The number of benzene rings is 4. The van der Waals surface area contributed by atoms with E-state index >= 15 is 0 Å². The number of nitrogens with zero attached hydrogens (tertiary/aromatic N) is 1. The van der Waals surface area contributed by atoms with Gasteiger partial charge in [0, 0.05) is 21.5 Å². The summed E-state index contributed by atoms with van der Waals surface area (Å²) in [6.45, 7) is 0. The van der Waals surface area contributed by atoms with Crippen molar-refractivity contribution in [3.63, 3.8) is 0 Å². The van der Waals surface area contributed by atoms with Gasteiger partial charge in [-0.15, -0.1) is 23.1 Å². The number of thioether (sulfide) groups is 1. The van der Waals surface area contributed by atoms with Crippen molar-refractivity contribution < 1.29 is 9.59 Å². The highest BCUT2D eigenvalue weighted by Gasteiger charge is 2.10. The number of aromatic nitrogens is 1. The van der Waals surface area contributed by atoms with E-state index in [2.05, 4.69) is 39.9 Å². The number of hydrogen-bond acceptors (Lipinski definition) is 5. The first-order chi connectivity index (χ1) is 17.6. The number of carbonyl (C=O) groups is 2. The average molecular weight is 510 g/mol. The summed E-state index contributed by atoms with van der Waals surface area (Å²) in [6, 6.07) is 31.6. The molecule has 36 heavy (non-hydrogen) atoms. The number of thiazole rings is 1. The minimum atomic E-state index is -0.111. The lowest BCUT2D eigenvalue weighted by Gasteiger charge is -2.07. The van der Waals surface area contributed by atoms with Crippen LogP contribution in [0.25, 0.3) is 22.0 Å². The quantitative estimate of drug-likeness (QED) is 0.224. The van der Waals surface area contributed by atoms with Crippen LogP contribution < -0.4 is 10.6 Å². The van der Waals surface area contributed by atoms with E-state index in [9.17, 15) is 9.59 Å². The molecule has 0 saturated carbocycles. The highest BCUT2D eigenvalue weighted by molar-refractivity contribution is 8.00. The van der Waals surface area contributed by atoms with Gasteiger partial charge in [0.25, 0.3) is 0 Å². The number of hydrogen-bond donors (Lipinski definition) is 2. The third kappa shape index (κ3) is 6.19. The van der Waals surface area contributed by atoms with Crippen molar-refractivity contribution in [3.05, 3.63) is 108 Å². The maximum atomic E-state index is 12.5. The second kappa shape index (κ2) is 11.2. The summed E-state index contributed by atoms with van der Waals surface area (Å²) in [6.07, 6.45) is 0.330. The Kier molecular flexibility index (Phi) is 7.40. The fourth-order valence-electron chi connectivity index (χ4n) is 3.74. The van der Waals surface area contributed by atoms with Crippen molar-refractivity contribution in [1.29, 1.82) is 0 Å². The molecule has 0 aliphatic heterocycles. The van der Waals surface area contributed by atoms with E-state index in [1.807, 2.05) is 78.2 Å². The SMILES string of the molecule is O=C(Cc1ccccc1)Nc1ccc(SCC(=O)Nc2nc(-c3ccc4ccccc4c3)cs2)cc1. The molecule has 5 aromatic rings. The Bertz CT molecular complexity index is 1500. The van der Waals surface area contributed by atoms with Crippen LogP contribution in [0.3, 0.4) is 0 Å². The van der Waals surface area contributed by atoms with Crippen molar-refractivity contribution in [2.45, 2.75) is 11.3 Å². The summed E-state index contributed by atoms with van der Waals surface area (Å²) in [4.78, 5) is 30.2. The van der Waals surface area contributed by atoms with Gasteiger partial charge in [0.2, 0.25) is 11.8 Å². The van der Waals surface area contributed by atoms with E-state index in [0.717, 1.165) is 32.8 Å². The van der Waals surface area contributed by atoms with Crippen molar-refractivity contribution in [1.82, 2.24) is 4.98 Å². The summed E-state index contributed by atoms with van der Waals surface area (Å²) in [5.41, 5.74) is 3.57. The first-order valence-electron chi connectivity index (χ1n) is 11.4. The number of carbonyl (C=O) groups excluding carboxylic acids is 2. The van der Waals surface area contributed by atoms with Gasteiger partial charge in [0.1, 0.15) is 0 Å². The summed E-state index contributed by atoms with van der Waals surface area (Å²) in [7, 11) is 0. The Morgan fingerprint density at radius 1 is 0.778 bits per heavy atom. The van der Waals surface area contributed by atoms with Crippen molar-refractivity contribution in [2.24, 2.45) is 0 Å². The first-order valence-corrected chi connectivity index (χ1v) is 13.3. The molecule has 0 bridgehead atoms. The van der Waals surface area contributed by atoms with Crippen LogP contribution in [0.4, 0.5) is 10.8 Å². The van der Waals surface area contributed by atoms with E-state index in [4.69, 9.17) is 0 Å². The average Bonchev–Trinajstić information content (AvgIpc) is 3.37. The van der Waals surface area contributed by atoms with Gasteiger partial charge in [-0.05, 0) is 46.7 Å². The summed E-state index contributed by atoms with van der Waals surface area (Å²) >= 11 is 2.85. The first kappa shape index (κ1) is 23.8. The zero-order valence-corrected chi connectivity index (χ0v) is 20.9. The Hall–Kier alpha value is -3.94.